The smallest absolute Gasteiger partial charge is 0.120 e. The first-order valence-corrected chi connectivity index (χ1v) is 6.09. The fraction of sp³-hybridized carbons (Fsp3) is 0.143. The van der Waals surface area contributed by atoms with E-state index in [1.165, 1.54) is 0 Å². The number of benzene rings is 2. The maximum Gasteiger partial charge on any atom is 0.120 e. The zero-order valence-electron chi connectivity index (χ0n) is 9.52. The van der Waals surface area contributed by atoms with Gasteiger partial charge in [-0.05, 0) is 30.3 Å². The Hall–Kier alpha value is -1.48. The summed E-state index contributed by atoms with van der Waals surface area (Å²) in [5, 5.41) is 0. The van der Waals surface area contributed by atoms with E-state index < -0.39 is 0 Å². The van der Waals surface area contributed by atoms with Crippen LogP contribution in [0.5, 0.6) is 11.5 Å². The van der Waals surface area contributed by atoms with Crippen LogP contribution >= 0.6 is 15.9 Å². The highest BCUT2D eigenvalue weighted by Crippen LogP contribution is 2.21. The van der Waals surface area contributed by atoms with E-state index in [1.807, 2.05) is 48.5 Å². The maximum absolute atomic E-state index is 5.69. The molecule has 0 fully saturated rings. The van der Waals surface area contributed by atoms with Gasteiger partial charge in [-0.2, -0.15) is 0 Å². The summed E-state index contributed by atoms with van der Waals surface area (Å²) < 4.78 is 11.8. The van der Waals surface area contributed by atoms with Crippen LogP contribution in [0.2, 0.25) is 0 Å². The number of ether oxygens (including phenoxy) is 2. The minimum absolute atomic E-state index is 0.549. The molecule has 2 aromatic carbocycles. The molecule has 0 unspecified atom stereocenters. The van der Waals surface area contributed by atoms with Crippen LogP contribution in [0.4, 0.5) is 0 Å². The predicted octanol–water partition coefficient (Wildman–Crippen LogP) is 4.04. The van der Waals surface area contributed by atoms with Gasteiger partial charge in [-0.3, -0.25) is 0 Å². The number of rotatable bonds is 4. The van der Waals surface area contributed by atoms with Gasteiger partial charge in [0.25, 0.3) is 0 Å². The summed E-state index contributed by atoms with van der Waals surface area (Å²) in [7, 11) is 1.65. The first-order valence-electron chi connectivity index (χ1n) is 5.30. The van der Waals surface area contributed by atoms with Crippen molar-refractivity contribution in [1.29, 1.82) is 0 Å². The Balaban J connectivity index is 2.00. The fourth-order valence-electron chi connectivity index (χ4n) is 1.45. The minimum Gasteiger partial charge on any atom is -0.497 e. The van der Waals surface area contributed by atoms with Crippen LogP contribution in [-0.4, -0.2) is 7.11 Å². The molecule has 0 N–H and O–H groups in total. The van der Waals surface area contributed by atoms with Crippen LogP contribution in [-0.2, 0) is 6.61 Å². The Kier molecular flexibility index (Phi) is 4.04. The molecular formula is C14H13BrO2. The number of hydrogen-bond acceptors (Lipinski definition) is 2. The lowest BCUT2D eigenvalue weighted by atomic mass is 10.2. The summed E-state index contributed by atoms with van der Waals surface area (Å²) in [5.74, 6) is 1.67. The molecule has 0 saturated carbocycles. The van der Waals surface area contributed by atoms with Crippen molar-refractivity contribution < 1.29 is 9.47 Å². The number of hydrogen-bond donors (Lipinski definition) is 0. The number of methoxy groups -OCH3 is 1. The SMILES string of the molecule is COc1ccc(OCc2ccccc2Br)cc1. The highest BCUT2D eigenvalue weighted by atomic mass is 79.9. The van der Waals surface area contributed by atoms with Crippen molar-refractivity contribution in [3.63, 3.8) is 0 Å². The first kappa shape index (κ1) is 12.0. The zero-order valence-corrected chi connectivity index (χ0v) is 11.1. The molecule has 0 spiro atoms. The molecular weight excluding hydrogens is 280 g/mol. The van der Waals surface area contributed by atoms with E-state index in [4.69, 9.17) is 9.47 Å². The van der Waals surface area contributed by atoms with E-state index in [2.05, 4.69) is 15.9 Å². The predicted molar refractivity (Wildman–Crippen MR) is 71.5 cm³/mol. The third-order valence-electron chi connectivity index (χ3n) is 2.41. The largest absolute Gasteiger partial charge is 0.497 e. The van der Waals surface area contributed by atoms with E-state index >= 15 is 0 Å². The average molecular weight is 293 g/mol. The molecule has 2 rings (SSSR count). The second-order valence-electron chi connectivity index (χ2n) is 3.56. The monoisotopic (exact) mass is 292 g/mol. The van der Waals surface area contributed by atoms with Gasteiger partial charge < -0.3 is 9.47 Å². The van der Waals surface area contributed by atoms with Crippen molar-refractivity contribution >= 4 is 15.9 Å². The molecule has 0 bridgehead atoms. The summed E-state index contributed by atoms with van der Waals surface area (Å²) in [6.45, 7) is 0.549. The van der Waals surface area contributed by atoms with Gasteiger partial charge in [0, 0.05) is 10.0 Å². The van der Waals surface area contributed by atoms with Crippen molar-refractivity contribution in [1.82, 2.24) is 0 Å². The molecule has 0 amide bonds. The van der Waals surface area contributed by atoms with Gasteiger partial charge in [0.15, 0.2) is 0 Å². The second kappa shape index (κ2) is 5.73. The van der Waals surface area contributed by atoms with Crippen LogP contribution in [0, 0.1) is 0 Å². The van der Waals surface area contributed by atoms with Crippen LogP contribution in [0.3, 0.4) is 0 Å². The topological polar surface area (TPSA) is 18.5 Å². The van der Waals surface area contributed by atoms with Gasteiger partial charge in [-0.1, -0.05) is 34.1 Å². The van der Waals surface area contributed by atoms with Gasteiger partial charge in [0.05, 0.1) is 7.11 Å². The van der Waals surface area contributed by atoms with E-state index in [-0.39, 0.29) is 0 Å². The molecule has 0 radical (unpaired) electrons. The van der Waals surface area contributed by atoms with E-state index in [9.17, 15) is 0 Å². The molecule has 17 heavy (non-hydrogen) atoms. The van der Waals surface area contributed by atoms with Crippen LogP contribution in [0.15, 0.2) is 53.0 Å². The Morgan fingerprint density at radius 1 is 0.941 bits per heavy atom. The zero-order chi connectivity index (χ0) is 12.1. The van der Waals surface area contributed by atoms with Crippen molar-refractivity contribution in [3.05, 3.63) is 58.6 Å². The van der Waals surface area contributed by atoms with Crippen molar-refractivity contribution in [2.45, 2.75) is 6.61 Å². The molecule has 2 aromatic rings. The fourth-order valence-corrected chi connectivity index (χ4v) is 1.85. The van der Waals surface area contributed by atoms with Gasteiger partial charge >= 0.3 is 0 Å². The Bertz CT molecular complexity index is 480. The van der Waals surface area contributed by atoms with Crippen molar-refractivity contribution in [2.75, 3.05) is 7.11 Å². The van der Waals surface area contributed by atoms with Crippen molar-refractivity contribution in [3.8, 4) is 11.5 Å². The standard InChI is InChI=1S/C14H13BrO2/c1-16-12-6-8-13(9-7-12)17-10-11-4-2-3-5-14(11)15/h2-9H,10H2,1H3. The Morgan fingerprint density at radius 3 is 2.24 bits per heavy atom. The van der Waals surface area contributed by atoms with Crippen LogP contribution < -0.4 is 9.47 Å². The summed E-state index contributed by atoms with van der Waals surface area (Å²) >= 11 is 3.49. The lowest BCUT2D eigenvalue weighted by Gasteiger charge is -2.08. The number of halogens is 1. The van der Waals surface area contributed by atoms with Gasteiger partial charge in [-0.25, -0.2) is 0 Å². The maximum atomic E-state index is 5.69. The quantitative estimate of drug-likeness (QED) is 0.847. The van der Waals surface area contributed by atoms with E-state index in [1.54, 1.807) is 7.11 Å². The molecule has 0 aromatic heterocycles. The Labute approximate surface area is 109 Å². The normalized spacial score (nSPS) is 10.0. The lowest BCUT2D eigenvalue weighted by Crippen LogP contribution is -1.96. The molecule has 0 heterocycles. The summed E-state index contributed by atoms with van der Waals surface area (Å²) in [6, 6.07) is 15.6. The van der Waals surface area contributed by atoms with Crippen LogP contribution in [0.1, 0.15) is 5.56 Å². The molecule has 88 valence electrons. The van der Waals surface area contributed by atoms with Gasteiger partial charge in [0.2, 0.25) is 0 Å². The highest BCUT2D eigenvalue weighted by molar-refractivity contribution is 9.10. The molecule has 0 atom stereocenters. The molecule has 0 saturated heterocycles. The third kappa shape index (κ3) is 3.24. The Morgan fingerprint density at radius 2 is 1.59 bits per heavy atom. The van der Waals surface area contributed by atoms with E-state index in [0.29, 0.717) is 6.61 Å². The van der Waals surface area contributed by atoms with Gasteiger partial charge in [0.1, 0.15) is 18.1 Å². The second-order valence-corrected chi connectivity index (χ2v) is 4.41. The summed E-state index contributed by atoms with van der Waals surface area (Å²) in [4.78, 5) is 0. The van der Waals surface area contributed by atoms with Gasteiger partial charge in [-0.15, -0.1) is 0 Å². The average Bonchev–Trinajstić information content (AvgIpc) is 2.38. The highest BCUT2D eigenvalue weighted by Gasteiger charge is 2.00. The molecule has 0 aliphatic carbocycles. The summed E-state index contributed by atoms with van der Waals surface area (Å²) in [5.41, 5.74) is 1.13. The molecule has 0 aliphatic heterocycles. The van der Waals surface area contributed by atoms with Crippen molar-refractivity contribution in [2.24, 2.45) is 0 Å². The minimum atomic E-state index is 0.549. The van der Waals surface area contributed by atoms with Crippen LogP contribution in [0.25, 0.3) is 0 Å². The first-order chi connectivity index (χ1) is 8.29. The third-order valence-corrected chi connectivity index (χ3v) is 3.19. The molecule has 3 heteroatoms. The van der Waals surface area contributed by atoms with E-state index in [0.717, 1.165) is 21.5 Å². The lowest BCUT2D eigenvalue weighted by molar-refractivity contribution is 0.304. The molecule has 0 aliphatic rings. The summed E-state index contributed by atoms with van der Waals surface area (Å²) in [6.07, 6.45) is 0. The molecule has 2 nitrogen and oxygen atoms in total.